The second-order valence-corrected chi connectivity index (χ2v) is 6.44. The smallest absolute Gasteiger partial charge is 0.275 e. The zero-order chi connectivity index (χ0) is 17.9. The average molecular weight is 340 g/mol. The van der Waals surface area contributed by atoms with E-state index in [4.69, 9.17) is 0 Å². The fraction of sp³-hybridized carbons (Fsp3) is 0.0870. The number of nitrogens with zero attached hydrogens (tertiary/aromatic N) is 1. The standard InChI is InChI=1S/C23H20N2O/c1-17-12-14-18(15-13-17)22-16-21(24-19-8-4-2-5-9-19)23(26)25(22)20-10-6-3-7-11-20/h2-16,22,24H,1H3/t22-/m1/s1. The summed E-state index contributed by atoms with van der Waals surface area (Å²) in [5, 5.41) is 3.27. The summed E-state index contributed by atoms with van der Waals surface area (Å²) in [4.78, 5) is 15.0. The Bertz CT molecular complexity index is 931. The Morgan fingerprint density at radius 1 is 0.808 bits per heavy atom. The molecule has 0 radical (unpaired) electrons. The minimum Gasteiger partial charge on any atom is -0.351 e. The highest BCUT2D eigenvalue weighted by Gasteiger charge is 2.34. The molecule has 0 unspecified atom stereocenters. The number of rotatable bonds is 4. The maximum atomic E-state index is 13.2. The molecule has 3 heteroatoms. The molecule has 0 spiro atoms. The lowest BCUT2D eigenvalue weighted by Crippen LogP contribution is -2.30. The summed E-state index contributed by atoms with van der Waals surface area (Å²) in [5.74, 6) is -0.0226. The van der Waals surface area contributed by atoms with Gasteiger partial charge in [0.25, 0.3) is 5.91 Å². The van der Waals surface area contributed by atoms with E-state index in [1.807, 2.05) is 71.6 Å². The molecule has 1 heterocycles. The Morgan fingerprint density at radius 3 is 2.08 bits per heavy atom. The van der Waals surface area contributed by atoms with Crippen molar-refractivity contribution in [2.45, 2.75) is 13.0 Å². The van der Waals surface area contributed by atoms with Crippen LogP contribution in [-0.4, -0.2) is 5.91 Å². The SMILES string of the molecule is Cc1ccc([C@H]2C=C(Nc3ccccc3)C(=O)N2c2ccccc2)cc1. The molecule has 0 saturated carbocycles. The van der Waals surface area contributed by atoms with Gasteiger partial charge in [0.1, 0.15) is 5.70 Å². The van der Waals surface area contributed by atoms with Crippen molar-refractivity contribution in [1.82, 2.24) is 0 Å². The third kappa shape index (κ3) is 3.11. The molecule has 3 aromatic carbocycles. The third-order valence-electron chi connectivity index (χ3n) is 4.56. The van der Waals surface area contributed by atoms with Crippen LogP contribution in [0.25, 0.3) is 0 Å². The Balaban J connectivity index is 1.73. The van der Waals surface area contributed by atoms with Gasteiger partial charge in [-0.15, -0.1) is 0 Å². The van der Waals surface area contributed by atoms with Crippen LogP contribution in [0, 0.1) is 6.92 Å². The molecular formula is C23H20N2O. The number of para-hydroxylation sites is 2. The van der Waals surface area contributed by atoms with E-state index in [1.54, 1.807) is 0 Å². The van der Waals surface area contributed by atoms with Crippen molar-refractivity contribution in [2.24, 2.45) is 0 Å². The fourth-order valence-electron chi connectivity index (χ4n) is 3.21. The molecule has 128 valence electrons. The number of aryl methyl sites for hydroxylation is 1. The van der Waals surface area contributed by atoms with E-state index in [0.717, 1.165) is 16.9 Å². The molecule has 3 aromatic rings. The summed E-state index contributed by atoms with van der Waals surface area (Å²) in [6, 6.07) is 27.8. The number of benzene rings is 3. The van der Waals surface area contributed by atoms with Crippen molar-refractivity contribution in [2.75, 3.05) is 10.2 Å². The van der Waals surface area contributed by atoms with Crippen LogP contribution in [0.3, 0.4) is 0 Å². The average Bonchev–Trinajstić information content (AvgIpc) is 3.00. The number of hydrogen-bond donors (Lipinski definition) is 1. The van der Waals surface area contributed by atoms with Crippen molar-refractivity contribution < 1.29 is 4.79 Å². The lowest BCUT2D eigenvalue weighted by atomic mass is 10.0. The van der Waals surface area contributed by atoms with Gasteiger partial charge in [-0.25, -0.2) is 0 Å². The van der Waals surface area contributed by atoms with E-state index < -0.39 is 0 Å². The van der Waals surface area contributed by atoms with E-state index in [1.165, 1.54) is 5.56 Å². The highest BCUT2D eigenvalue weighted by molar-refractivity contribution is 6.11. The first kappa shape index (κ1) is 16.2. The van der Waals surface area contributed by atoms with Crippen LogP contribution < -0.4 is 10.2 Å². The molecule has 0 saturated heterocycles. The lowest BCUT2D eigenvalue weighted by molar-refractivity contribution is -0.114. The van der Waals surface area contributed by atoms with Crippen LogP contribution in [0.1, 0.15) is 17.2 Å². The number of anilines is 2. The lowest BCUT2D eigenvalue weighted by Gasteiger charge is -2.25. The monoisotopic (exact) mass is 340 g/mol. The van der Waals surface area contributed by atoms with E-state index in [-0.39, 0.29) is 11.9 Å². The van der Waals surface area contributed by atoms with Crippen LogP contribution in [0.5, 0.6) is 0 Å². The molecular weight excluding hydrogens is 320 g/mol. The van der Waals surface area contributed by atoms with Crippen molar-refractivity contribution in [1.29, 1.82) is 0 Å². The first-order chi connectivity index (χ1) is 12.7. The minimum absolute atomic E-state index is 0.0226. The van der Waals surface area contributed by atoms with Gasteiger partial charge in [-0.1, -0.05) is 66.2 Å². The van der Waals surface area contributed by atoms with Gasteiger partial charge in [-0.05, 0) is 42.8 Å². The first-order valence-corrected chi connectivity index (χ1v) is 8.71. The zero-order valence-electron chi connectivity index (χ0n) is 14.6. The second-order valence-electron chi connectivity index (χ2n) is 6.44. The molecule has 1 amide bonds. The number of carbonyl (C=O) groups is 1. The first-order valence-electron chi connectivity index (χ1n) is 8.71. The predicted octanol–water partition coefficient (Wildman–Crippen LogP) is 5.08. The van der Waals surface area contributed by atoms with Gasteiger partial charge >= 0.3 is 0 Å². The van der Waals surface area contributed by atoms with E-state index in [0.29, 0.717) is 5.70 Å². The molecule has 4 rings (SSSR count). The largest absolute Gasteiger partial charge is 0.351 e. The Labute approximate surface area is 153 Å². The molecule has 1 aliphatic rings. The van der Waals surface area contributed by atoms with Crippen molar-refractivity contribution in [3.05, 3.63) is 108 Å². The van der Waals surface area contributed by atoms with Gasteiger partial charge < -0.3 is 5.32 Å². The maximum Gasteiger partial charge on any atom is 0.275 e. The Kier molecular flexibility index (Phi) is 4.28. The molecule has 1 aliphatic heterocycles. The topological polar surface area (TPSA) is 32.3 Å². The molecule has 1 atom stereocenters. The van der Waals surface area contributed by atoms with Gasteiger partial charge in [0.2, 0.25) is 0 Å². The summed E-state index contributed by atoms with van der Waals surface area (Å²) in [6.45, 7) is 2.07. The quantitative estimate of drug-likeness (QED) is 0.718. The molecule has 26 heavy (non-hydrogen) atoms. The Morgan fingerprint density at radius 2 is 1.42 bits per heavy atom. The number of hydrogen-bond acceptors (Lipinski definition) is 2. The summed E-state index contributed by atoms with van der Waals surface area (Å²) in [7, 11) is 0. The maximum absolute atomic E-state index is 13.2. The highest BCUT2D eigenvalue weighted by atomic mass is 16.2. The summed E-state index contributed by atoms with van der Waals surface area (Å²) in [5.41, 5.74) is 4.70. The van der Waals surface area contributed by atoms with E-state index >= 15 is 0 Å². The van der Waals surface area contributed by atoms with Gasteiger partial charge in [-0.2, -0.15) is 0 Å². The molecule has 0 fully saturated rings. The van der Waals surface area contributed by atoms with Crippen LogP contribution >= 0.6 is 0 Å². The van der Waals surface area contributed by atoms with E-state index in [2.05, 4.69) is 36.5 Å². The number of carbonyl (C=O) groups excluding carboxylic acids is 1. The Hall–Kier alpha value is -3.33. The summed E-state index contributed by atoms with van der Waals surface area (Å²) in [6.07, 6.45) is 2.01. The second kappa shape index (κ2) is 6.89. The third-order valence-corrected chi connectivity index (χ3v) is 4.56. The van der Waals surface area contributed by atoms with Crippen LogP contribution in [0.4, 0.5) is 11.4 Å². The fourth-order valence-corrected chi connectivity index (χ4v) is 3.21. The van der Waals surface area contributed by atoms with E-state index in [9.17, 15) is 4.79 Å². The van der Waals surface area contributed by atoms with Crippen molar-refractivity contribution in [3.63, 3.8) is 0 Å². The molecule has 0 aliphatic carbocycles. The van der Waals surface area contributed by atoms with Crippen LogP contribution in [0.2, 0.25) is 0 Å². The van der Waals surface area contributed by atoms with Crippen molar-refractivity contribution in [3.8, 4) is 0 Å². The van der Waals surface area contributed by atoms with Crippen LogP contribution in [0.15, 0.2) is 96.7 Å². The summed E-state index contributed by atoms with van der Waals surface area (Å²) < 4.78 is 0. The number of nitrogens with one attached hydrogen (secondary N) is 1. The summed E-state index contributed by atoms with van der Waals surface area (Å²) >= 11 is 0. The van der Waals surface area contributed by atoms with Gasteiger partial charge in [-0.3, -0.25) is 9.69 Å². The molecule has 3 nitrogen and oxygen atoms in total. The molecule has 0 aromatic heterocycles. The minimum atomic E-state index is -0.128. The molecule has 1 N–H and O–H groups in total. The predicted molar refractivity (Wildman–Crippen MR) is 106 cm³/mol. The van der Waals surface area contributed by atoms with Crippen molar-refractivity contribution >= 4 is 17.3 Å². The van der Waals surface area contributed by atoms with Gasteiger partial charge in [0, 0.05) is 11.4 Å². The highest BCUT2D eigenvalue weighted by Crippen LogP contribution is 2.36. The van der Waals surface area contributed by atoms with Gasteiger partial charge in [0.05, 0.1) is 6.04 Å². The molecule has 0 bridgehead atoms. The zero-order valence-corrected chi connectivity index (χ0v) is 14.6. The van der Waals surface area contributed by atoms with Crippen LogP contribution in [-0.2, 0) is 4.79 Å². The normalized spacial score (nSPS) is 16.5. The number of amides is 1. The van der Waals surface area contributed by atoms with Gasteiger partial charge in [0.15, 0.2) is 0 Å².